The molecule has 6 heteroatoms. The third kappa shape index (κ3) is 2.06. The second-order valence-electron chi connectivity index (χ2n) is 5.74. The van der Waals surface area contributed by atoms with E-state index in [2.05, 4.69) is 0 Å². The fraction of sp³-hybridized carbons (Fsp3) is 0.167. The van der Waals surface area contributed by atoms with Crippen molar-refractivity contribution in [3.05, 3.63) is 58.5 Å². The summed E-state index contributed by atoms with van der Waals surface area (Å²) in [5, 5.41) is 1.14. The number of carbonyl (C=O) groups excluding carboxylic acids is 1. The molecule has 2 aliphatic heterocycles. The molecule has 0 fully saturated rings. The van der Waals surface area contributed by atoms with Crippen LogP contribution in [0, 0.1) is 0 Å². The summed E-state index contributed by atoms with van der Waals surface area (Å²) in [6.07, 6.45) is 2.29. The lowest BCUT2D eigenvalue weighted by Crippen LogP contribution is -2.29. The van der Waals surface area contributed by atoms with Crippen molar-refractivity contribution < 1.29 is 17.9 Å². The Kier molecular flexibility index (Phi) is 3.25. The average molecular weight is 341 g/mol. The number of amides is 1. The van der Waals surface area contributed by atoms with Gasteiger partial charge in [-0.05, 0) is 36.3 Å². The summed E-state index contributed by atoms with van der Waals surface area (Å²) >= 11 is 0. The smallest absolute Gasteiger partial charge is 0.262 e. The Hall–Kier alpha value is -2.60. The molecular weight excluding hydrogens is 326 g/mol. The molecule has 0 radical (unpaired) electrons. The fourth-order valence-electron chi connectivity index (χ4n) is 3.30. The maximum Gasteiger partial charge on any atom is 0.262 e. The highest BCUT2D eigenvalue weighted by molar-refractivity contribution is 7.94. The van der Waals surface area contributed by atoms with Crippen molar-refractivity contribution in [1.29, 1.82) is 0 Å². The standard InChI is InChI=1S/C18H15NO4S/c1-23-17-13-9-11-24(21,22)16(13)7-6-14(17)18(20)19-10-8-12-4-2-3-5-15(12)19/h2-7,9,11H,8,10H2,1H3. The fourth-order valence-corrected chi connectivity index (χ4v) is 4.49. The Morgan fingerprint density at radius 2 is 1.96 bits per heavy atom. The molecule has 5 nitrogen and oxygen atoms in total. The molecule has 0 atom stereocenters. The van der Waals surface area contributed by atoms with Crippen LogP contribution in [0.4, 0.5) is 5.69 Å². The van der Waals surface area contributed by atoms with Gasteiger partial charge in [-0.1, -0.05) is 18.2 Å². The first-order valence-electron chi connectivity index (χ1n) is 7.57. The molecule has 2 heterocycles. The van der Waals surface area contributed by atoms with Gasteiger partial charge in [0.1, 0.15) is 5.75 Å². The van der Waals surface area contributed by atoms with Crippen LogP contribution in [0.3, 0.4) is 0 Å². The molecular formula is C18H15NO4S. The number of anilines is 1. The average Bonchev–Trinajstić information content (AvgIpc) is 3.14. The van der Waals surface area contributed by atoms with E-state index in [-0.39, 0.29) is 10.8 Å². The van der Waals surface area contributed by atoms with Gasteiger partial charge in [0.25, 0.3) is 5.91 Å². The van der Waals surface area contributed by atoms with Crippen molar-refractivity contribution in [3.63, 3.8) is 0 Å². The highest BCUT2D eigenvalue weighted by Crippen LogP contribution is 2.38. The molecule has 0 aliphatic carbocycles. The third-order valence-corrected chi connectivity index (χ3v) is 5.91. The number of nitrogens with zero attached hydrogens (tertiary/aromatic N) is 1. The van der Waals surface area contributed by atoms with Crippen LogP contribution < -0.4 is 9.64 Å². The summed E-state index contributed by atoms with van der Waals surface area (Å²) in [5.41, 5.74) is 2.84. The van der Waals surface area contributed by atoms with Gasteiger partial charge in [0.05, 0.1) is 17.6 Å². The summed E-state index contributed by atoms with van der Waals surface area (Å²) in [4.78, 5) is 14.9. The first kappa shape index (κ1) is 15.0. The number of hydrogen-bond acceptors (Lipinski definition) is 4. The van der Waals surface area contributed by atoms with Crippen molar-refractivity contribution in [2.24, 2.45) is 0 Å². The number of rotatable bonds is 2. The van der Waals surface area contributed by atoms with Crippen LogP contribution in [0.25, 0.3) is 6.08 Å². The molecule has 2 aromatic carbocycles. The van der Waals surface area contributed by atoms with Gasteiger partial charge in [-0.2, -0.15) is 0 Å². The number of hydrogen-bond donors (Lipinski definition) is 0. The minimum Gasteiger partial charge on any atom is -0.495 e. The molecule has 0 unspecified atom stereocenters. The summed E-state index contributed by atoms with van der Waals surface area (Å²) in [5.74, 6) is 0.122. The molecule has 4 rings (SSSR count). The zero-order valence-corrected chi connectivity index (χ0v) is 13.8. The summed E-state index contributed by atoms with van der Waals surface area (Å²) in [6, 6.07) is 10.8. The summed E-state index contributed by atoms with van der Waals surface area (Å²) in [6.45, 7) is 0.604. The molecule has 2 aromatic rings. The van der Waals surface area contributed by atoms with E-state index in [9.17, 15) is 13.2 Å². The van der Waals surface area contributed by atoms with E-state index in [0.29, 0.717) is 23.4 Å². The van der Waals surface area contributed by atoms with Crippen molar-refractivity contribution >= 4 is 27.5 Å². The molecule has 0 saturated carbocycles. The van der Waals surface area contributed by atoms with E-state index in [0.717, 1.165) is 23.1 Å². The number of para-hydroxylation sites is 1. The maximum absolute atomic E-state index is 13.0. The number of carbonyl (C=O) groups is 1. The van der Waals surface area contributed by atoms with Crippen LogP contribution in [0.5, 0.6) is 5.75 Å². The Labute approximate surface area is 140 Å². The molecule has 2 aliphatic rings. The normalized spacial score (nSPS) is 16.8. The van der Waals surface area contributed by atoms with Crippen LogP contribution in [-0.2, 0) is 16.3 Å². The lowest BCUT2D eigenvalue weighted by molar-refractivity contribution is 0.0986. The highest BCUT2D eigenvalue weighted by Gasteiger charge is 2.31. The van der Waals surface area contributed by atoms with E-state index in [1.54, 1.807) is 4.90 Å². The number of fused-ring (bicyclic) bond motifs is 2. The van der Waals surface area contributed by atoms with Gasteiger partial charge < -0.3 is 9.64 Å². The van der Waals surface area contributed by atoms with Crippen LogP contribution in [0.2, 0.25) is 0 Å². The topological polar surface area (TPSA) is 63.7 Å². The van der Waals surface area contributed by atoms with Gasteiger partial charge in [-0.25, -0.2) is 8.42 Å². The van der Waals surface area contributed by atoms with Gasteiger partial charge in [0, 0.05) is 23.2 Å². The third-order valence-electron chi connectivity index (χ3n) is 4.44. The molecule has 0 aromatic heterocycles. The van der Waals surface area contributed by atoms with Crippen LogP contribution >= 0.6 is 0 Å². The number of sulfone groups is 1. The highest BCUT2D eigenvalue weighted by atomic mass is 32.2. The van der Waals surface area contributed by atoms with E-state index < -0.39 is 9.84 Å². The van der Waals surface area contributed by atoms with E-state index >= 15 is 0 Å². The number of benzene rings is 2. The molecule has 0 spiro atoms. The first-order valence-corrected chi connectivity index (χ1v) is 9.11. The Morgan fingerprint density at radius 3 is 2.75 bits per heavy atom. The van der Waals surface area contributed by atoms with Crippen LogP contribution in [-0.4, -0.2) is 28.0 Å². The minimum absolute atomic E-state index is 0.178. The van der Waals surface area contributed by atoms with Crippen molar-refractivity contribution in [2.75, 3.05) is 18.6 Å². The summed E-state index contributed by atoms with van der Waals surface area (Å²) in [7, 11) is -1.99. The van der Waals surface area contributed by atoms with Gasteiger partial charge in [0.2, 0.25) is 9.84 Å². The van der Waals surface area contributed by atoms with E-state index in [1.807, 2.05) is 24.3 Å². The first-order chi connectivity index (χ1) is 11.5. The molecule has 0 saturated heterocycles. The number of methoxy groups -OCH3 is 1. The van der Waals surface area contributed by atoms with Crippen LogP contribution in [0.1, 0.15) is 21.5 Å². The Balaban J connectivity index is 1.81. The monoisotopic (exact) mass is 341 g/mol. The second-order valence-corrected chi connectivity index (χ2v) is 7.54. The maximum atomic E-state index is 13.0. The lowest BCUT2D eigenvalue weighted by atomic mass is 10.1. The summed E-state index contributed by atoms with van der Waals surface area (Å²) < 4.78 is 29.4. The molecule has 0 N–H and O–H groups in total. The zero-order valence-electron chi connectivity index (χ0n) is 13.0. The Bertz CT molecular complexity index is 992. The molecule has 1 amide bonds. The zero-order chi connectivity index (χ0) is 16.9. The predicted octanol–water partition coefficient (Wildman–Crippen LogP) is 2.66. The second kappa shape index (κ2) is 5.21. The SMILES string of the molecule is COc1c(C(=O)N2CCc3ccccc32)ccc2c1C=CS2(=O)=O. The lowest BCUT2D eigenvalue weighted by Gasteiger charge is -2.20. The van der Waals surface area contributed by atoms with Crippen molar-refractivity contribution in [2.45, 2.75) is 11.3 Å². The number of ether oxygens (including phenoxy) is 1. The van der Waals surface area contributed by atoms with Gasteiger partial charge in [0.15, 0.2) is 0 Å². The predicted molar refractivity (Wildman–Crippen MR) is 91.0 cm³/mol. The van der Waals surface area contributed by atoms with Gasteiger partial charge in [-0.15, -0.1) is 0 Å². The van der Waals surface area contributed by atoms with Crippen molar-refractivity contribution in [3.8, 4) is 5.75 Å². The van der Waals surface area contributed by atoms with E-state index in [4.69, 9.17) is 4.74 Å². The molecule has 24 heavy (non-hydrogen) atoms. The van der Waals surface area contributed by atoms with Crippen LogP contribution in [0.15, 0.2) is 46.7 Å². The van der Waals surface area contributed by atoms with E-state index in [1.165, 1.54) is 25.3 Å². The van der Waals surface area contributed by atoms with Gasteiger partial charge in [-0.3, -0.25) is 4.79 Å². The molecule has 0 bridgehead atoms. The van der Waals surface area contributed by atoms with Crippen molar-refractivity contribution in [1.82, 2.24) is 0 Å². The largest absolute Gasteiger partial charge is 0.495 e. The quantitative estimate of drug-likeness (QED) is 0.842. The minimum atomic E-state index is -3.43. The molecule has 122 valence electrons. The van der Waals surface area contributed by atoms with Gasteiger partial charge >= 0.3 is 0 Å². The Morgan fingerprint density at radius 1 is 1.17 bits per heavy atom.